The van der Waals surface area contributed by atoms with E-state index in [9.17, 15) is 14.4 Å². The van der Waals surface area contributed by atoms with Crippen molar-refractivity contribution in [2.45, 2.75) is 18.9 Å². The average molecular weight is 329 g/mol. The first-order valence-electron chi connectivity index (χ1n) is 8.17. The standard InChI is InChI=1S/C16H19N5O3/c22-14-4-3-13(15(23)19-14)21-12-2-1-10(9-11(12)18-16(21)24)20-7-5-17-6-8-20/h1-2,9,13,17H,3-8H2,(H,18,24)(H,19,22,23). The van der Waals surface area contributed by atoms with Crippen LogP contribution in [-0.2, 0) is 9.59 Å². The molecule has 3 N–H and O–H groups in total. The lowest BCUT2D eigenvalue weighted by Gasteiger charge is -2.29. The van der Waals surface area contributed by atoms with Gasteiger partial charge >= 0.3 is 5.69 Å². The van der Waals surface area contributed by atoms with Crippen LogP contribution in [0.4, 0.5) is 5.69 Å². The molecule has 126 valence electrons. The van der Waals surface area contributed by atoms with Crippen LogP contribution in [0.2, 0.25) is 0 Å². The van der Waals surface area contributed by atoms with Gasteiger partial charge in [0.15, 0.2) is 0 Å². The highest BCUT2D eigenvalue weighted by molar-refractivity contribution is 6.00. The fourth-order valence-corrected chi connectivity index (χ4v) is 3.48. The molecule has 2 amide bonds. The normalized spacial score (nSPS) is 22.0. The summed E-state index contributed by atoms with van der Waals surface area (Å²) in [5.74, 6) is -0.703. The molecule has 2 aliphatic heterocycles. The molecule has 3 heterocycles. The molecule has 0 bridgehead atoms. The number of nitrogens with one attached hydrogen (secondary N) is 3. The zero-order valence-electron chi connectivity index (χ0n) is 13.2. The third-order valence-electron chi connectivity index (χ3n) is 4.70. The molecule has 8 heteroatoms. The average Bonchev–Trinajstić information content (AvgIpc) is 2.91. The third kappa shape index (κ3) is 2.48. The minimum Gasteiger partial charge on any atom is -0.369 e. The molecule has 1 aromatic carbocycles. The van der Waals surface area contributed by atoms with E-state index in [0.717, 1.165) is 31.9 Å². The predicted octanol–water partition coefficient (Wildman–Crippen LogP) is -0.283. The Bertz CT molecular complexity index is 862. The highest BCUT2D eigenvalue weighted by Gasteiger charge is 2.30. The first-order chi connectivity index (χ1) is 11.6. The van der Waals surface area contributed by atoms with Crippen molar-refractivity contribution >= 4 is 28.5 Å². The number of aromatic amines is 1. The van der Waals surface area contributed by atoms with Crippen molar-refractivity contribution in [3.8, 4) is 0 Å². The number of imidazole rings is 1. The quantitative estimate of drug-likeness (QED) is 0.658. The van der Waals surface area contributed by atoms with Crippen molar-refractivity contribution in [3.63, 3.8) is 0 Å². The maximum absolute atomic E-state index is 12.4. The van der Waals surface area contributed by atoms with Crippen molar-refractivity contribution in [2.24, 2.45) is 0 Å². The minimum atomic E-state index is -0.644. The Hall–Kier alpha value is -2.61. The zero-order valence-corrected chi connectivity index (χ0v) is 13.2. The van der Waals surface area contributed by atoms with E-state index >= 15 is 0 Å². The number of rotatable bonds is 2. The number of carbonyl (C=O) groups excluding carboxylic acids is 2. The van der Waals surface area contributed by atoms with Gasteiger partial charge in [-0.05, 0) is 24.6 Å². The van der Waals surface area contributed by atoms with Crippen molar-refractivity contribution in [3.05, 3.63) is 28.7 Å². The van der Waals surface area contributed by atoms with Crippen molar-refractivity contribution in [1.82, 2.24) is 20.2 Å². The molecule has 4 rings (SSSR count). The summed E-state index contributed by atoms with van der Waals surface area (Å²) >= 11 is 0. The van der Waals surface area contributed by atoms with E-state index in [1.807, 2.05) is 18.2 Å². The Morgan fingerprint density at radius 2 is 1.88 bits per heavy atom. The van der Waals surface area contributed by atoms with E-state index in [-0.39, 0.29) is 18.0 Å². The number of hydrogen-bond donors (Lipinski definition) is 3. The van der Waals surface area contributed by atoms with Gasteiger partial charge in [0.1, 0.15) is 6.04 Å². The minimum absolute atomic E-state index is 0.244. The number of aromatic nitrogens is 2. The van der Waals surface area contributed by atoms with Crippen LogP contribution >= 0.6 is 0 Å². The zero-order chi connectivity index (χ0) is 16.7. The van der Waals surface area contributed by atoms with Crippen LogP contribution < -0.4 is 21.2 Å². The summed E-state index contributed by atoms with van der Waals surface area (Å²) in [6, 6.07) is 5.15. The van der Waals surface area contributed by atoms with Gasteiger partial charge in [-0.25, -0.2) is 4.79 Å². The van der Waals surface area contributed by atoms with Crippen LogP contribution in [0.15, 0.2) is 23.0 Å². The van der Waals surface area contributed by atoms with Gasteiger partial charge in [0.2, 0.25) is 11.8 Å². The van der Waals surface area contributed by atoms with Crippen molar-refractivity contribution in [1.29, 1.82) is 0 Å². The highest BCUT2D eigenvalue weighted by Crippen LogP contribution is 2.25. The molecule has 2 aliphatic rings. The van der Waals surface area contributed by atoms with Gasteiger partial charge in [0, 0.05) is 38.3 Å². The molecule has 0 radical (unpaired) electrons. The lowest BCUT2D eigenvalue weighted by Crippen LogP contribution is -2.44. The largest absolute Gasteiger partial charge is 0.369 e. The van der Waals surface area contributed by atoms with Gasteiger partial charge in [-0.3, -0.25) is 19.5 Å². The number of H-pyrrole nitrogens is 1. The molecular weight excluding hydrogens is 310 g/mol. The number of piperidine rings is 1. The van der Waals surface area contributed by atoms with E-state index < -0.39 is 11.9 Å². The van der Waals surface area contributed by atoms with Gasteiger partial charge in [-0.2, -0.15) is 0 Å². The highest BCUT2D eigenvalue weighted by atomic mass is 16.2. The number of imide groups is 1. The number of fused-ring (bicyclic) bond motifs is 1. The molecular formula is C16H19N5O3. The molecule has 0 saturated carbocycles. The number of hydrogen-bond acceptors (Lipinski definition) is 5. The van der Waals surface area contributed by atoms with Crippen LogP contribution in [-0.4, -0.2) is 47.5 Å². The Morgan fingerprint density at radius 3 is 2.62 bits per heavy atom. The van der Waals surface area contributed by atoms with Gasteiger partial charge in [-0.15, -0.1) is 0 Å². The van der Waals surface area contributed by atoms with E-state index in [0.29, 0.717) is 17.5 Å². The van der Waals surface area contributed by atoms with E-state index in [1.165, 1.54) is 4.57 Å². The van der Waals surface area contributed by atoms with Crippen molar-refractivity contribution in [2.75, 3.05) is 31.1 Å². The van der Waals surface area contributed by atoms with Gasteiger partial charge in [0.05, 0.1) is 11.0 Å². The number of nitrogens with zero attached hydrogens (tertiary/aromatic N) is 2. The van der Waals surface area contributed by atoms with Crippen LogP contribution in [0.3, 0.4) is 0 Å². The molecule has 2 saturated heterocycles. The molecule has 0 aliphatic carbocycles. The summed E-state index contributed by atoms with van der Waals surface area (Å²) in [5, 5.41) is 5.62. The smallest absolute Gasteiger partial charge is 0.327 e. The Morgan fingerprint density at radius 1 is 1.08 bits per heavy atom. The Kier molecular flexibility index (Phi) is 3.61. The second kappa shape index (κ2) is 5.79. The van der Waals surface area contributed by atoms with Crippen LogP contribution in [0.1, 0.15) is 18.9 Å². The number of amides is 2. The van der Waals surface area contributed by atoms with Crippen LogP contribution in [0.5, 0.6) is 0 Å². The summed E-state index contributed by atoms with van der Waals surface area (Å²) in [6.07, 6.45) is 0.589. The number of anilines is 1. The summed E-state index contributed by atoms with van der Waals surface area (Å²) in [6.45, 7) is 3.71. The van der Waals surface area contributed by atoms with Crippen molar-refractivity contribution < 1.29 is 9.59 Å². The van der Waals surface area contributed by atoms with Gasteiger partial charge in [0.25, 0.3) is 0 Å². The van der Waals surface area contributed by atoms with Gasteiger partial charge in [-0.1, -0.05) is 0 Å². The third-order valence-corrected chi connectivity index (χ3v) is 4.70. The second-order valence-corrected chi connectivity index (χ2v) is 6.21. The summed E-state index contributed by atoms with van der Waals surface area (Å²) < 4.78 is 1.46. The second-order valence-electron chi connectivity index (χ2n) is 6.21. The van der Waals surface area contributed by atoms with Crippen LogP contribution in [0.25, 0.3) is 11.0 Å². The maximum Gasteiger partial charge on any atom is 0.327 e. The summed E-state index contributed by atoms with van der Waals surface area (Å²) in [7, 11) is 0. The Labute approximate surface area is 137 Å². The maximum atomic E-state index is 12.4. The predicted molar refractivity (Wildman–Crippen MR) is 89.1 cm³/mol. The molecule has 8 nitrogen and oxygen atoms in total. The first-order valence-corrected chi connectivity index (χ1v) is 8.17. The monoisotopic (exact) mass is 329 g/mol. The lowest BCUT2D eigenvalue weighted by atomic mass is 10.1. The van der Waals surface area contributed by atoms with E-state index in [2.05, 4.69) is 20.5 Å². The summed E-state index contributed by atoms with van der Waals surface area (Å²) in [5.41, 5.74) is 2.13. The Balaban J connectivity index is 1.72. The molecule has 24 heavy (non-hydrogen) atoms. The fourth-order valence-electron chi connectivity index (χ4n) is 3.48. The van der Waals surface area contributed by atoms with Crippen LogP contribution in [0, 0.1) is 0 Å². The number of carbonyl (C=O) groups is 2. The lowest BCUT2D eigenvalue weighted by molar-refractivity contribution is -0.135. The SMILES string of the molecule is O=C1CCC(n2c(=O)[nH]c3cc(N4CCNCC4)ccc32)C(=O)N1. The first kappa shape index (κ1) is 14.9. The fraction of sp³-hybridized carbons (Fsp3) is 0.438. The number of benzene rings is 1. The summed E-state index contributed by atoms with van der Waals surface area (Å²) in [4.78, 5) is 40.9. The molecule has 0 spiro atoms. The topological polar surface area (TPSA) is 99.2 Å². The molecule has 1 atom stereocenters. The molecule has 2 fully saturated rings. The molecule has 1 unspecified atom stereocenters. The molecule has 1 aromatic heterocycles. The molecule has 2 aromatic rings. The van der Waals surface area contributed by atoms with E-state index in [4.69, 9.17) is 0 Å². The number of piperazine rings is 1. The van der Waals surface area contributed by atoms with Gasteiger partial charge < -0.3 is 15.2 Å². The van der Waals surface area contributed by atoms with E-state index in [1.54, 1.807) is 0 Å².